The highest BCUT2D eigenvalue weighted by atomic mass is 19.1. The molecule has 4 N–H and O–H groups in total. The minimum atomic E-state index is -0.963. The van der Waals surface area contributed by atoms with Gasteiger partial charge in [-0.15, -0.1) is 0 Å². The van der Waals surface area contributed by atoms with Crippen LogP contribution in [0.25, 0.3) is 21.9 Å². The molecule has 0 aliphatic carbocycles. The molecule has 2 aromatic heterocycles. The molecule has 0 aliphatic rings. The number of hydrogen-bond donors (Lipinski definition) is 2. The monoisotopic (exact) mass is 312 g/mol. The maximum atomic E-state index is 14.4. The van der Waals surface area contributed by atoms with E-state index in [0.717, 1.165) is 5.56 Å². The number of pyridine rings is 2. The smallest absolute Gasteiger partial charge is 0.397 e. The first-order chi connectivity index (χ1) is 11.0. The summed E-state index contributed by atoms with van der Waals surface area (Å²) >= 11 is 0. The standard InChI is InChI=1S/C16H13FN4O2/c1-8-12(6-20-7-14(8)18)11-2-9-4-15(23-16(19)22)21-5-10(9)3-13(11)17/h2-7H,18H2,1H3,(H2,19,22). The maximum Gasteiger partial charge on any atom is 0.411 e. The summed E-state index contributed by atoms with van der Waals surface area (Å²) in [7, 11) is 0. The second-order valence-corrected chi connectivity index (χ2v) is 5.02. The number of aromatic nitrogens is 2. The summed E-state index contributed by atoms with van der Waals surface area (Å²) in [6.45, 7) is 1.80. The van der Waals surface area contributed by atoms with E-state index in [1.165, 1.54) is 24.5 Å². The molecule has 1 aromatic carbocycles. The Morgan fingerprint density at radius 1 is 1.13 bits per heavy atom. The van der Waals surface area contributed by atoms with Crippen LogP contribution < -0.4 is 16.2 Å². The van der Waals surface area contributed by atoms with Crippen LogP contribution >= 0.6 is 0 Å². The molecule has 0 radical (unpaired) electrons. The first-order valence-electron chi connectivity index (χ1n) is 6.72. The Labute approximate surface area is 130 Å². The molecule has 2 heterocycles. The van der Waals surface area contributed by atoms with Crippen molar-refractivity contribution < 1.29 is 13.9 Å². The summed E-state index contributed by atoms with van der Waals surface area (Å²) in [6.07, 6.45) is 3.51. The van der Waals surface area contributed by atoms with Gasteiger partial charge in [-0.05, 0) is 30.0 Å². The van der Waals surface area contributed by atoms with E-state index in [2.05, 4.69) is 9.97 Å². The third-order valence-electron chi connectivity index (χ3n) is 3.53. The number of benzene rings is 1. The number of amides is 1. The van der Waals surface area contributed by atoms with Gasteiger partial charge in [-0.25, -0.2) is 14.2 Å². The molecule has 1 amide bonds. The van der Waals surface area contributed by atoms with Crippen LogP contribution in [-0.4, -0.2) is 16.1 Å². The van der Waals surface area contributed by atoms with Crippen molar-refractivity contribution in [3.8, 4) is 17.0 Å². The quantitative estimate of drug-likeness (QED) is 0.757. The van der Waals surface area contributed by atoms with E-state index in [4.69, 9.17) is 16.2 Å². The number of ether oxygens (including phenoxy) is 1. The lowest BCUT2D eigenvalue weighted by molar-refractivity contribution is 0.209. The van der Waals surface area contributed by atoms with Gasteiger partial charge in [0, 0.05) is 35.0 Å². The summed E-state index contributed by atoms with van der Waals surface area (Å²) in [4.78, 5) is 18.7. The first kappa shape index (κ1) is 14.7. The highest BCUT2D eigenvalue weighted by Crippen LogP contribution is 2.32. The van der Waals surface area contributed by atoms with Crippen molar-refractivity contribution in [3.63, 3.8) is 0 Å². The number of hydrogen-bond acceptors (Lipinski definition) is 5. The largest absolute Gasteiger partial charge is 0.411 e. The zero-order valence-electron chi connectivity index (χ0n) is 12.2. The number of halogens is 1. The number of primary amides is 1. The summed E-state index contributed by atoms with van der Waals surface area (Å²) < 4.78 is 19.2. The number of rotatable bonds is 2. The SMILES string of the molecule is Cc1c(N)cncc1-c1cc2cc(OC(N)=O)ncc2cc1F. The lowest BCUT2D eigenvalue weighted by Crippen LogP contribution is -2.16. The normalized spacial score (nSPS) is 10.7. The average Bonchev–Trinajstić information content (AvgIpc) is 2.49. The predicted molar refractivity (Wildman–Crippen MR) is 84.3 cm³/mol. The molecular weight excluding hydrogens is 299 g/mol. The zero-order chi connectivity index (χ0) is 16.6. The average molecular weight is 312 g/mol. The molecule has 0 bridgehead atoms. The van der Waals surface area contributed by atoms with Gasteiger partial charge in [-0.1, -0.05) is 0 Å². The maximum absolute atomic E-state index is 14.4. The van der Waals surface area contributed by atoms with E-state index in [-0.39, 0.29) is 5.88 Å². The van der Waals surface area contributed by atoms with Crippen LogP contribution in [0.15, 0.2) is 36.8 Å². The molecule has 0 atom stereocenters. The summed E-state index contributed by atoms with van der Waals surface area (Å²) in [5.74, 6) is -0.372. The van der Waals surface area contributed by atoms with E-state index in [0.29, 0.717) is 27.6 Å². The number of anilines is 1. The van der Waals surface area contributed by atoms with Crippen LogP contribution in [0.2, 0.25) is 0 Å². The minimum absolute atomic E-state index is 0.0463. The Kier molecular flexibility index (Phi) is 3.53. The summed E-state index contributed by atoms with van der Waals surface area (Å²) in [5.41, 5.74) is 13.0. The molecule has 6 nitrogen and oxygen atoms in total. The van der Waals surface area contributed by atoms with Gasteiger partial charge < -0.3 is 16.2 Å². The van der Waals surface area contributed by atoms with Gasteiger partial charge in [0.25, 0.3) is 0 Å². The predicted octanol–water partition coefficient (Wildman–Crippen LogP) is 2.78. The molecule has 7 heteroatoms. The Balaban J connectivity index is 2.19. The Morgan fingerprint density at radius 2 is 1.91 bits per heavy atom. The fraction of sp³-hybridized carbons (Fsp3) is 0.0625. The minimum Gasteiger partial charge on any atom is -0.397 e. The molecule has 0 aliphatic heterocycles. The van der Waals surface area contributed by atoms with Crippen LogP contribution in [0.1, 0.15) is 5.56 Å². The summed E-state index contributed by atoms with van der Waals surface area (Å²) in [6, 6.07) is 4.50. The summed E-state index contributed by atoms with van der Waals surface area (Å²) in [5, 5.41) is 1.21. The number of carbonyl (C=O) groups is 1. The van der Waals surface area contributed by atoms with Crippen molar-refractivity contribution in [1.29, 1.82) is 0 Å². The second-order valence-electron chi connectivity index (χ2n) is 5.02. The van der Waals surface area contributed by atoms with Crippen molar-refractivity contribution in [1.82, 2.24) is 9.97 Å². The van der Waals surface area contributed by atoms with Crippen LogP contribution in [0.5, 0.6) is 5.88 Å². The van der Waals surface area contributed by atoms with Crippen molar-refractivity contribution in [2.24, 2.45) is 5.73 Å². The highest BCUT2D eigenvalue weighted by Gasteiger charge is 2.12. The fourth-order valence-corrected chi connectivity index (χ4v) is 2.32. The van der Waals surface area contributed by atoms with Crippen molar-refractivity contribution in [3.05, 3.63) is 48.2 Å². The Bertz CT molecular complexity index is 927. The molecule has 0 fully saturated rings. The van der Waals surface area contributed by atoms with Crippen molar-refractivity contribution in [2.75, 3.05) is 5.73 Å². The lowest BCUT2D eigenvalue weighted by atomic mass is 9.99. The molecular formula is C16H13FN4O2. The first-order valence-corrected chi connectivity index (χ1v) is 6.72. The molecule has 23 heavy (non-hydrogen) atoms. The van der Waals surface area contributed by atoms with Gasteiger partial charge in [0.1, 0.15) is 5.82 Å². The second kappa shape index (κ2) is 5.53. The molecule has 0 saturated heterocycles. The van der Waals surface area contributed by atoms with E-state index in [1.807, 2.05) is 0 Å². The Hall–Kier alpha value is -3.22. The molecule has 0 saturated carbocycles. The number of nitrogens with zero attached hydrogens (tertiary/aromatic N) is 2. The van der Waals surface area contributed by atoms with Crippen LogP contribution in [0.4, 0.5) is 14.9 Å². The van der Waals surface area contributed by atoms with E-state index in [1.54, 1.807) is 19.2 Å². The van der Waals surface area contributed by atoms with Crippen LogP contribution in [0, 0.1) is 12.7 Å². The van der Waals surface area contributed by atoms with Gasteiger partial charge in [0.2, 0.25) is 5.88 Å². The fourth-order valence-electron chi connectivity index (χ4n) is 2.32. The van der Waals surface area contributed by atoms with E-state index in [9.17, 15) is 9.18 Å². The molecule has 0 unspecified atom stereocenters. The lowest BCUT2D eigenvalue weighted by Gasteiger charge is -2.10. The van der Waals surface area contributed by atoms with E-state index >= 15 is 0 Å². The van der Waals surface area contributed by atoms with Gasteiger partial charge in [-0.3, -0.25) is 4.98 Å². The third kappa shape index (κ3) is 2.76. The molecule has 0 spiro atoms. The van der Waals surface area contributed by atoms with E-state index < -0.39 is 11.9 Å². The number of nitrogens with two attached hydrogens (primary N) is 2. The third-order valence-corrected chi connectivity index (χ3v) is 3.53. The van der Waals surface area contributed by atoms with Gasteiger partial charge in [-0.2, -0.15) is 0 Å². The van der Waals surface area contributed by atoms with Crippen molar-refractivity contribution in [2.45, 2.75) is 6.92 Å². The highest BCUT2D eigenvalue weighted by molar-refractivity contribution is 5.89. The Morgan fingerprint density at radius 3 is 2.65 bits per heavy atom. The van der Waals surface area contributed by atoms with Gasteiger partial charge in [0.05, 0.1) is 11.9 Å². The molecule has 116 valence electrons. The van der Waals surface area contributed by atoms with Gasteiger partial charge in [0.15, 0.2) is 0 Å². The number of nitrogen functional groups attached to an aromatic ring is 1. The zero-order valence-corrected chi connectivity index (χ0v) is 12.2. The van der Waals surface area contributed by atoms with Crippen molar-refractivity contribution >= 4 is 22.6 Å². The molecule has 3 rings (SSSR count). The van der Waals surface area contributed by atoms with Crippen LogP contribution in [0.3, 0.4) is 0 Å². The topological polar surface area (TPSA) is 104 Å². The van der Waals surface area contributed by atoms with Crippen LogP contribution in [-0.2, 0) is 0 Å². The number of carbonyl (C=O) groups excluding carboxylic acids is 1. The molecule has 3 aromatic rings. The number of fused-ring (bicyclic) bond motifs is 1. The van der Waals surface area contributed by atoms with Gasteiger partial charge >= 0.3 is 6.09 Å².